The summed E-state index contributed by atoms with van der Waals surface area (Å²) in [5.74, 6) is -1.49. The van der Waals surface area contributed by atoms with Gasteiger partial charge in [-0.3, -0.25) is 0 Å². The average Bonchev–Trinajstić information content (AvgIpc) is 2.60. The summed E-state index contributed by atoms with van der Waals surface area (Å²) >= 11 is 0. The molecule has 0 spiro atoms. The van der Waals surface area contributed by atoms with Crippen LogP contribution in [0.25, 0.3) is 10.9 Å². The van der Waals surface area contributed by atoms with Crippen molar-refractivity contribution in [2.75, 3.05) is 0 Å². The van der Waals surface area contributed by atoms with Gasteiger partial charge in [0.1, 0.15) is 6.10 Å². The number of benzene rings is 1. The number of H-pyrrole nitrogens is 1. The molecule has 0 saturated carbocycles. The van der Waals surface area contributed by atoms with Crippen LogP contribution in [0.4, 0.5) is 0 Å². The number of carbonyl (C=O) groups excluding carboxylic acids is 1. The molecule has 15 heavy (non-hydrogen) atoms. The predicted octanol–water partition coefficient (Wildman–Crippen LogP) is -3.04. The summed E-state index contributed by atoms with van der Waals surface area (Å²) in [6.07, 6.45) is -0.100. The number of rotatable bonds is 2. The van der Waals surface area contributed by atoms with Crippen molar-refractivity contribution >= 4 is 16.9 Å². The van der Waals surface area contributed by atoms with Gasteiger partial charge in [0, 0.05) is 22.7 Å². The molecule has 0 aliphatic heterocycles. The van der Waals surface area contributed by atoms with Crippen LogP contribution in [-0.2, 0) is 4.79 Å². The van der Waals surface area contributed by atoms with Gasteiger partial charge in [-0.1, -0.05) is 18.2 Å². The fourth-order valence-electron chi connectivity index (χ4n) is 1.45. The predicted molar refractivity (Wildman–Crippen MR) is 48.3 cm³/mol. The molecule has 4 nitrogen and oxygen atoms in total. The molecule has 1 aromatic heterocycles. The minimum absolute atomic E-state index is 0. The summed E-state index contributed by atoms with van der Waals surface area (Å²) in [7, 11) is 0. The van der Waals surface area contributed by atoms with E-state index in [0.29, 0.717) is 10.9 Å². The Bertz CT molecular complexity index is 480. The summed E-state index contributed by atoms with van der Waals surface area (Å²) in [5, 5.41) is 20.5. The zero-order valence-electron chi connectivity index (χ0n) is 8.23. The van der Waals surface area contributed by atoms with Crippen LogP contribution in [0.15, 0.2) is 30.5 Å². The SMILES string of the molecule is O=C([O-])C(O)c1c[nH]c2ccccc12.[Na+]. The third-order valence-corrected chi connectivity index (χ3v) is 2.14. The van der Waals surface area contributed by atoms with E-state index in [2.05, 4.69) is 4.98 Å². The molecule has 0 saturated heterocycles. The van der Waals surface area contributed by atoms with Gasteiger partial charge < -0.3 is 20.0 Å². The van der Waals surface area contributed by atoms with Crippen molar-refractivity contribution < 1.29 is 44.6 Å². The molecule has 0 radical (unpaired) electrons. The first kappa shape index (κ1) is 12.3. The maximum atomic E-state index is 10.5. The minimum Gasteiger partial charge on any atom is -0.547 e. The molecule has 0 aliphatic rings. The molecular weight excluding hydrogens is 205 g/mol. The number of nitrogens with one attached hydrogen (secondary N) is 1. The summed E-state index contributed by atoms with van der Waals surface area (Å²) in [6.45, 7) is 0. The van der Waals surface area contributed by atoms with E-state index in [1.807, 2.05) is 6.07 Å². The Hall–Kier alpha value is -0.810. The second-order valence-electron chi connectivity index (χ2n) is 3.01. The van der Waals surface area contributed by atoms with E-state index in [9.17, 15) is 15.0 Å². The number of para-hydroxylation sites is 1. The van der Waals surface area contributed by atoms with Crippen molar-refractivity contribution in [3.8, 4) is 0 Å². The number of aromatic nitrogens is 1. The Balaban J connectivity index is 0.00000112. The second-order valence-corrected chi connectivity index (χ2v) is 3.01. The Kier molecular flexibility index (Phi) is 3.93. The number of carboxylic acids is 1. The fraction of sp³-hybridized carbons (Fsp3) is 0.100. The number of aliphatic hydroxyl groups is 1. The van der Waals surface area contributed by atoms with Crippen LogP contribution in [0, 0.1) is 0 Å². The van der Waals surface area contributed by atoms with E-state index in [0.717, 1.165) is 5.52 Å². The molecular formula is C10H8NNaO3. The number of fused-ring (bicyclic) bond motifs is 1. The van der Waals surface area contributed by atoms with Crippen LogP contribution in [0.5, 0.6) is 0 Å². The van der Waals surface area contributed by atoms with Gasteiger partial charge >= 0.3 is 29.6 Å². The Morgan fingerprint density at radius 2 is 2.07 bits per heavy atom. The van der Waals surface area contributed by atoms with Gasteiger partial charge in [0.25, 0.3) is 0 Å². The first-order chi connectivity index (χ1) is 6.70. The monoisotopic (exact) mass is 213 g/mol. The fourth-order valence-corrected chi connectivity index (χ4v) is 1.45. The number of hydrogen-bond acceptors (Lipinski definition) is 3. The van der Waals surface area contributed by atoms with Crippen LogP contribution >= 0.6 is 0 Å². The summed E-state index contributed by atoms with van der Waals surface area (Å²) in [5.41, 5.74) is 1.13. The quantitative estimate of drug-likeness (QED) is 0.520. The van der Waals surface area contributed by atoms with E-state index in [1.165, 1.54) is 6.20 Å². The van der Waals surface area contributed by atoms with Gasteiger partial charge in [-0.15, -0.1) is 0 Å². The maximum Gasteiger partial charge on any atom is 1.00 e. The number of carboxylic acid groups (broad SMARTS) is 1. The Morgan fingerprint density at radius 3 is 2.73 bits per heavy atom. The molecule has 0 fully saturated rings. The Morgan fingerprint density at radius 1 is 1.40 bits per heavy atom. The molecule has 5 heteroatoms. The second kappa shape index (κ2) is 4.81. The number of aromatic amines is 1. The third kappa shape index (κ3) is 2.23. The van der Waals surface area contributed by atoms with E-state index >= 15 is 0 Å². The van der Waals surface area contributed by atoms with Gasteiger partial charge in [-0.25, -0.2) is 0 Å². The van der Waals surface area contributed by atoms with Crippen LogP contribution in [0.3, 0.4) is 0 Å². The smallest absolute Gasteiger partial charge is 0.547 e. The average molecular weight is 213 g/mol. The maximum absolute atomic E-state index is 10.5. The number of hydrogen-bond donors (Lipinski definition) is 2. The van der Waals surface area contributed by atoms with Crippen LogP contribution in [0.2, 0.25) is 0 Å². The number of carbonyl (C=O) groups is 1. The Labute approximate surface area is 108 Å². The van der Waals surface area contributed by atoms with Crippen molar-refractivity contribution in [2.45, 2.75) is 6.10 Å². The van der Waals surface area contributed by atoms with E-state index in [1.54, 1.807) is 18.2 Å². The summed E-state index contributed by atoms with van der Waals surface area (Å²) in [6, 6.07) is 7.16. The first-order valence-corrected chi connectivity index (χ1v) is 4.15. The molecule has 2 aromatic rings. The summed E-state index contributed by atoms with van der Waals surface area (Å²) < 4.78 is 0. The van der Waals surface area contributed by atoms with E-state index in [4.69, 9.17) is 0 Å². The zero-order valence-corrected chi connectivity index (χ0v) is 10.2. The van der Waals surface area contributed by atoms with Crippen LogP contribution in [-0.4, -0.2) is 16.1 Å². The number of aliphatic hydroxyl groups excluding tert-OH is 1. The molecule has 72 valence electrons. The van der Waals surface area contributed by atoms with Crippen LogP contribution in [0.1, 0.15) is 11.7 Å². The standard InChI is InChI=1S/C10H9NO3.Na/c12-9(10(13)14)7-5-11-8-4-2-1-3-6(7)8;/h1-5,9,11-12H,(H,13,14);/q;+1/p-1. The van der Waals surface area contributed by atoms with Crippen molar-refractivity contribution in [3.63, 3.8) is 0 Å². The van der Waals surface area contributed by atoms with Crippen molar-refractivity contribution in [1.29, 1.82) is 0 Å². The van der Waals surface area contributed by atoms with Gasteiger partial charge in [-0.05, 0) is 6.07 Å². The van der Waals surface area contributed by atoms with E-state index < -0.39 is 12.1 Å². The molecule has 2 N–H and O–H groups in total. The van der Waals surface area contributed by atoms with Crippen molar-refractivity contribution in [1.82, 2.24) is 4.98 Å². The van der Waals surface area contributed by atoms with Gasteiger partial charge in [-0.2, -0.15) is 0 Å². The molecule has 0 aliphatic carbocycles. The molecule has 1 heterocycles. The largest absolute Gasteiger partial charge is 1.00 e. The first-order valence-electron chi connectivity index (χ1n) is 4.15. The third-order valence-electron chi connectivity index (χ3n) is 2.14. The molecule has 1 aromatic carbocycles. The van der Waals surface area contributed by atoms with E-state index in [-0.39, 0.29) is 29.6 Å². The van der Waals surface area contributed by atoms with Crippen molar-refractivity contribution in [2.24, 2.45) is 0 Å². The van der Waals surface area contributed by atoms with Gasteiger partial charge in [0.15, 0.2) is 0 Å². The summed E-state index contributed by atoms with van der Waals surface area (Å²) in [4.78, 5) is 13.3. The van der Waals surface area contributed by atoms with Crippen molar-refractivity contribution in [3.05, 3.63) is 36.0 Å². The molecule has 0 amide bonds. The topological polar surface area (TPSA) is 76.2 Å². The molecule has 1 unspecified atom stereocenters. The minimum atomic E-state index is -1.58. The van der Waals surface area contributed by atoms with Gasteiger partial charge in [0.2, 0.25) is 0 Å². The van der Waals surface area contributed by atoms with Gasteiger partial charge in [0.05, 0.1) is 5.97 Å². The molecule has 1 atom stereocenters. The number of aliphatic carboxylic acids is 1. The van der Waals surface area contributed by atoms with Crippen LogP contribution < -0.4 is 34.7 Å². The zero-order chi connectivity index (χ0) is 10.1. The molecule has 2 rings (SSSR count). The normalized spacial score (nSPS) is 12.1. The molecule has 0 bridgehead atoms.